The maximum atomic E-state index is 13.0. The Morgan fingerprint density at radius 2 is 1.63 bits per heavy atom. The fourth-order valence-electron chi connectivity index (χ4n) is 3.12. The fraction of sp³-hybridized carbons (Fsp3) is 0.273. The van der Waals surface area contributed by atoms with E-state index in [1.807, 2.05) is 13.8 Å². The number of esters is 1. The molecule has 0 aliphatic rings. The predicted octanol–water partition coefficient (Wildman–Crippen LogP) is 3.70. The highest BCUT2D eigenvalue weighted by Crippen LogP contribution is 2.26. The molecule has 0 N–H and O–H groups in total. The Morgan fingerprint density at radius 3 is 2.17 bits per heavy atom. The zero-order chi connectivity index (χ0) is 22.2. The summed E-state index contributed by atoms with van der Waals surface area (Å²) in [5, 5.41) is 4.22. The van der Waals surface area contributed by atoms with Gasteiger partial charge in [0.25, 0.3) is 10.0 Å². The minimum Gasteiger partial charge on any atom is -0.423 e. The maximum absolute atomic E-state index is 13.0. The lowest BCUT2D eigenvalue weighted by molar-refractivity contribution is 0.0733. The van der Waals surface area contributed by atoms with Crippen molar-refractivity contribution in [2.24, 2.45) is 7.05 Å². The van der Waals surface area contributed by atoms with Crippen LogP contribution in [0.5, 0.6) is 5.75 Å². The highest BCUT2D eigenvalue weighted by Gasteiger charge is 2.23. The maximum Gasteiger partial charge on any atom is 0.347 e. The molecule has 0 saturated carbocycles. The number of nitrogens with zero attached hydrogens (tertiary/aromatic N) is 3. The summed E-state index contributed by atoms with van der Waals surface area (Å²) in [5.74, 6) is -0.176. The van der Waals surface area contributed by atoms with E-state index in [4.69, 9.17) is 4.74 Å². The van der Waals surface area contributed by atoms with Crippen LogP contribution in [0.4, 0.5) is 5.69 Å². The number of aryl methyl sites for hydroxylation is 4. The third-order valence-electron chi connectivity index (χ3n) is 5.26. The molecular formula is C22H25N3O4S. The Hall–Kier alpha value is -3.13. The number of carbonyl (C=O) groups is 1. The summed E-state index contributed by atoms with van der Waals surface area (Å²) in [7, 11) is -0.447. The van der Waals surface area contributed by atoms with E-state index in [0.717, 1.165) is 11.1 Å². The molecule has 0 unspecified atom stereocenters. The molecule has 0 saturated heterocycles. The van der Waals surface area contributed by atoms with Crippen molar-refractivity contribution < 1.29 is 17.9 Å². The van der Waals surface area contributed by atoms with Gasteiger partial charge in [0.1, 0.15) is 11.3 Å². The van der Waals surface area contributed by atoms with Crippen LogP contribution in [0, 0.1) is 27.7 Å². The van der Waals surface area contributed by atoms with Gasteiger partial charge in [-0.1, -0.05) is 6.07 Å². The van der Waals surface area contributed by atoms with Crippen LogP contribution in [0.3, 0.4) is 0 Å². The average molecular weight is 428 g/mol. The van der Waals surface area contributed by atoms with Crippen molar-refractivity contribution in [3.05, 3.63) is 70.5 Å². The molecule has 7 nitrogen and oxygen atoms in total. The molecule has 30 heavy (non-hydrogen) atoms. The number of anilines is 1. The molecule has 0 atom stereocenters. The summed E-state index contributed by atoms with van der Waals surface area (Å²) < 4.78 is 34.2. The third-order valence-corrected chi connectivity index (χ3v) is 7.04. The van der Waals surface area contributed by atoms with Gasteiger partial charge in [-0.15, -0.1) is 0 Å². The fourth-order valence-corrected chi connectivity index (χ4v) is 4.40. The molecule has 0 aliphatic carbocycles. The molecule has 158 valence electrons. The minimum atomic E-state index is -3.70. The number of rotatable bonds is 5. The number of sulfonamides is 1. The van der Waals surface area contributed by atoms with Gasteiger partial charge in [-0.25, -0.2) is 13.2 Å². The first-order chi connectivity index (χ1) is 14.0. The van der Waals surface area contributed by atoms with Crippen LogP contribution in [0.1, 0.15) is 32.9 Å². The normalized spacial score (nSPS) is 11.4. The second kappa shape index (κ2) is 7.95. The Balaban J connectivity index is 1.81. The summed E-state index contributed by atoms with van der Waals surface area (Å²) in [6, 6.07) is 11.4. The van der Waals surface area contributed by atoms with Crippen LogP contribution in [-0.4, -0.2) is 31.2 Å². The van der Waals surface area contributed by atoms with Crippen molar-refractivity contribution in [2.45, 2.75) is 32.6 Å². The Morgan fingerprint density at radius 1 is 1.00 bits per heavy atom. The number of aromatic nitrogens is 2. The first-order valence-corrected chi connectivity index (χ1v) is 10.8. The van der Waals surface area contributed by atoms with Crippen LogP contribution in [-0.2, 0) is 17.1 Å². The van der Waals surface area contributed by atoms with Crippen LogP contribution < -0.4 is 9.04 Å². The van der Waals surface area contributed by atoms with E-state index in [9.17, 15) is 13.2 Å². The van der Waals surface area contributed by atoms with Crippen molar-refractivity contribution in [1.29, 1.82) is 0 Å². The standard InChI is InChI=1S/C22H25N3O4S/c1-14-7-12-20(13-15(14)2)30(27,28)25(6)18-8-10-19(11-9-18)29-22(26)21-16(3)23-24(5)17(21)4/h7-13H,1-6H3. The van der Waals surface area contributed by atoms with E-state index in [1.54, 1.807) is 68.0 Å². The Bertz CT molecular complexity index is 1210. The van der Waals surface area contributed by atoms with Gasteiger partial charge in [0.15, 0.2) is 0 Å². The predicted molar refractivity (Wildman–Crippen MR) is 116 cm³/mol. The van der Waals surface area contributed by atoms with E-state index in [-0.39, 0.29) is 4.90 Å². The first kappa shape index (κ1) is 21.6. The van der Waals surface area contributed by atoms with Gasteiger partial charge in [0.05, 0.1) is 16.3 Å². The van der Waals surface area contributed by atoms with Crippen LogP contribution >= 0.6 is 0 Å². The summed E-state index contributed by atoms with van der Waals surface area (Å²) in [4.78, 5) is 12.7. The van der Waals surface area contributed by atoms with E-state index in [2.05, 4.69) is 5.10 Å². The minimum absolute atomic E-state index is 0.228. The molecule has 3 rings (SSSR count). The Kier molecular flexibility index (Phi) is 5.72. The molecule has 1 heterocycles. The smallest absolute Gasteiger partial charge is 0.347 e. The van der Waals surface area contributed by atoms with Crippen molar-refractivity contribution in [3.63, 3.8) is 0 Å². The monoisotopic (exact) mass is 427 g/mol. The van der Waals surface area contributed by atoms with Crippen molar-refractivity contribution in [2.75, 3.05) is 11.4 Å². The van der Waals surface area contributed by atoms with Gasteiger partial charge in [-0.05, 0) is 75.2 Å². The lowest BCUT2D eigenvalue weighted by Crippen LogP contribution is -2.26. The van der Waals surface area contributed by atoms with E-state index in [0.29, 0.717) is 28.4 Å². The van der Waals surface area contributed by atoms with E-state index >= 15 is 0 Å². The molecule has 0 bridgehead atoms. The molecule has 0 fully saturated rings. The van der Waals surface area contributed by atoms with Gasteiger partial charge in [-0.3, -0.25) is 8.99 Å². The van der Waals surface area contributed by atoms with E-state index < -0.39 is 16.0 Å². The SMILES string of the molecule is Cc1ccc(S(=O)(=O)N(C)c2ccc(OC(=O)c3c(C)nn(C)c3C)cc2)cc1C. The zero-order valence-electron chi connectivity index (χ0n) is 17.9. The molecule has 3 aromatic rings. The van der Waals surface area contributed by atoms with Gasteiger partial charge in [0, 0.05) is 19.8 Å². The summed E-state index contributed by atoms with van der Waals surface area (Å²) in [6.45, 7) is 7.36. The number of carbonyl (C=O) groups excluding carboxylic acids is 1. The molecule has 0 radical (unpaired) electrons. The van der Waals surface area contributed by atoms with Crippen molar-refractivity contribution >= 4 is 21.7 Å². The molecular weight excluding hydrogens is 402 g/mol. The van der Waals surface area contributed by atoms with Gasteiger partial charge >= 0.3 is 5.97 Å². The highest BCUT2D eigenvalue weighted by atomic mass is 32.2. The van der Waals surface area contributed by atoms with E-state index in [1.165, 1.54) is 11.4 Å². The van der Waals surface area contributed by atoms with Crippen LogP contribution in [0.15, 0.2) is 47.4 Å². The van der Waals surface area contributed by atoms with Crippen molar-refractivity contribution in [3.8, 4) is 5.75 Å². The van der Waals surface area contributed by atoms with Gasteiger partial charge in [-0.2, -0.15) is 5.10 Å². The lowest BCUT2D eigenvalue weighted by Gasteiger charge is -2.20. The molecule has 1 aromatic heterocycles. The molecule has 0 amide bonds. The Labute approximate surface area is 177 Å². The number of benzene rings is 2. The number of ether oxygens (including phenoxy) is 1. The van der Waals surface area contributed by atoms with Gasteiger partial charge in [0.2, 0.25) is 0 Å². The molecule has 2 aromatic carbocycles. The number of hydrogen-bond donors (Lipinski definition) is 0. The summed E-state index contributed by atoms with van der Waals surface area (Å²) >= 11 is 0. The second-order valence-corrected chi connectivity index (χ2v) is 9.24. The van der Waals surface area contributed by atoms with Gasteiger partial charge < -0.3 is 4.74 Å². The second-order valence-electron chi connectivity index (χ2n) is 7.27. The first-order valence-electron chi connectivity index (χ1n) is 9.41. The van der Waals surface area contributed by atoms with Crippen LogP contribution in [0.25, 0.3) is 0 Å². The molecule has 0 spiro atoms. The zero-order valence-corrected chi connectivity index (χ0v) is 18.7. The lowest BCUT2D eigenvalue weighted by atomic mass is 10.1. The number of hydrogen-bond acceptors (Lipinski definition) is 5. The molecule has 0 aliphatic heterocycles. The largest absolute Gasteiger partial charge is 0.423 e. The summed E-state index contributed by atoms with van der Waals surface area (Å²) in [5.41, 5.74) is 4.14. The third kappa shape index (κ3) is 3.95. The average Bonchev–Trinajstić information content (AvgIpc) is 2.95. The summed E-state index contributed by atoms with van der Waals surface area (Å²) in [6.07, 6.45) is 0. The topological polar surface area (TPSA) is 81.5 Å². The van der Waals surface area contributed by atoms with Crippen LogP contribution in [0.2, 0.25) is 0 Å². The molecule has 8 heteroatoms. The highest BCUT2D eigenvalue weighted by molar-refractivity contribution is 7.92. The van der Waals surface area contributed by atoms with Crippen molar-refractivity contribution in [1.82, 2.24) is 9.78 Å². The quantitative estimate of drug-likeness (QED) is 0.458.